The molecule has 2 saturated carbocycles. The lowest BCUT2D eigenvalue weighted by Crippen LogP contribution is -2.68. The van der Waals surface area contributed by atoms with E-state index in [4.69, 9.17) is 10.2 Å². The first-order chi connectivity index (χ1) is 18.0. The van der Waals surface area contributed by atoms with E-state index in [1.54, 1.807) is 6.07 Å². The molecule has 3 aliphatic carbocycles. The fourth-order valence-electron chi connectivity index (χ4n) is 6.57. The molecule has 38 heavy (non-hydrogen) atoms. The highest BCUT2D eigenvalue weighted by atomic mass is 16.3. The van der Waals surface area contributed by atoms with E-state index in [0.717, 1.165) is 0 Å². The lowest BCUT2D eigenvalue weighted by Gasteiger charge is -2.48. The topological polar surface area (TPSA) is 168 Å². The Hall–Kier alpha value is -3.63. The fraction of sp³-hybridized carbons (Fsp3) is 0.464. The first-order valence-electron chi connectivity index (χ1n) is 12.8. The molecule has 200 valence electrons. The zero-order chi connectivity index (χ0) is 27.5. The summed E-state index contributed by atoms with van der Waals surface area (Å²) in [4.78, 5) is 67.3. The van der Waals surface area contributed by atoms with Crippen molar-refractivity contribution in [2.75, 3.05) is 13.1 Å². The van der Waals surface area contributed by atoms with Crippen LogP contribution < -0.4 is 5.73 Å². The Bertz CT molecular complexity index is 1360. The first-order valence-corrected chi connectivity index (χ1v) is 12.8. The quantitative estimate of drug-likeness (QED) is 0.475. The van der Waals surface area contributed by atoms with Gasteiger partial charge in [-0.2, -0.15) is 0 Å². The van der Waals surface area contributed by atoms with Gasteiger partial charge in [-0.05, 0) is 55.1 Å². The number of ketones is 4. The van der Waals surface area contributed by atoms with Gasteiger partial charge in [-0.15, -0.1) is 0 Å². The highest BCUT2D eigenvalue weighted by Gasteiger charge is 2.66. The standard InChI is InChI=1S/C28H30N2O8/c1-3-30(4-2)11-15-9-17(13-5-6-38-12-13)18-8-14-7-16-10-19(31)22(27(29)36)26(35)28(16,37)25(34)20(14)24(33)21(18)23(15)32/h5-6,9,12,14,16,20,22,32,37H,3-4,7-8,10-11H2,1-2H3,(H2,29,36)/t14-,16+,20?,22?,28+/m1/s1. The molecule has 10 heteroatoms. The lowest BCUT2D eigenvalue weighted by atomic mass is 9.53. The number of furan rings is 1. The molecule has 0 saturated heterocycles. The van der Waals surface area contributed by atoms with Crippen molar-refractivity contribution in [3.63, 3.8) is 0 Å². The molecular formula is C28H30N2O8. The van der Waals surface area contributed by atoms with Gasteiger partial charge < -0.3 is 20.4 Å². The van der Waals surface area contributed by atoms with Crippen molar-refractivity contribution < 1.29 is 38.6 Å². The summed E-state index contributed by atoms with van der Waals surface area (Å²) in [6, 6.07) is 3.58. The Labute approximate surface area is 218 Å². The van der Waals surface area contributed by atoms with E-state index in [2.05, 4.69) is 4.90 Å². The molecule has 0 bridgehead atoms. The van der Waals surface area contributed by atoms with E-state index in [1.165, 1.54) is 12.5 Å². The summed E-state index contributed by atoms with van der Waals surface area (Å²) >= 11 is 0. The van der Waals surface area contributed by atoms with Gasteiger partial charge in [-0.25, -0.2) is 0 Å². The van der Waals surface area contributed by atoms with Crippen molar-refractivity contribution in [2.24, 2.45) is 29.4 Å². The van der Waals surface area contributed by atoms with E-state index in [0.29, 0.717) is 41.9 Å². The minimum Gasteiger partial charge on any atom is -0.507 e. The maximum absolute atomic E-state index is 14.0. The van der Waals surface area contributed by atoms with Crippen molar-refractivity contribution in [3.8, 4) is 16.9 Å². The first kappa shape index (κ1) is 26.0. The smallest absolute Gasteiger partial charge is 0.235 e. The second-order valence-corrected chi connectivity index (χ2v) is 10.5. The fourth-order valence-corrected chi connectivity index (χ4v) is 6.57. The van der Waals surface area contributed by atoms with Gasteiger partial charge in [-0.1, -0.05) is 13.8 Å². The summed E-state index contributed by atoms with van der Waals surface area (Å²) in [5.74, 6) is -10.2. The van der Waals surface area contributed by atoms with Gasteiger partial charge in [0.25, 0.3) is 0 Å². The monoisotopic (exact) mass is 522 g/mol. The van der Waals surface area contributed by atoms with Crippen LogP contribution in [0.3, 0.4) is 0 Å². The molecule has 1 aromatic heterocycles. The SMILES string of the molecule is CCN(CC)Cc1cc(-c2ccoc2)c2c(c1O)C(=O)C1C(=O)[C@]3(O)C(=O)C(C(N)=O)C(=O)C[C@@H]3C[C@@H]1C2. The van der Waals surface area contributed by atoms with Crippen LogP contribution >= 0.6 is 0 Å². The number of hydrogen-bond acceptors (Lipinski definition) is 9. The van der Waals surface area contributed by atoms with E-state index in [-0.39, 0.29) is 30.6 Å². The third kappa shape index (κ3) is 3.65. The third-order valence-corrected chi connectivity index (χ3v) is 8.60. The predicted molar refractivity (Wildman–Crippen MR) is 133 cm³/mol. The highest BCUT2D eigenvalue weighted by Crippen LogP contribution is 2.51. The van der Waals surface area contributed by atoms with Crippen LogP contribution in [0.25, 0.3) is 11.1 Å². The van der Waals surface area contributed by atoms with E-state index >= 15 is 0 Å². The van der Waals surface area contributed by atoms with E-state index < -0.39 is 58.3 Å². The number of fused-ring (bicyclic) bond motifs is 3. The van der Waals surface area contributed by atoms with Crippen molar-refractivity contribution in [1.29, 1.82) is 0 Å². The Kier molecular flexibility index (Phi) is 6.35. The van der Waals surface area contributed by atoms with Crippen LogP contribution in [0.4, 0.5) is 0 Å². The van der Waals surface area contributed by atoms with Crippen molar-refractivity contribution in [1.82, 2.24) is 4.90 Å². The number of aromatic hydroxyl groups is 1. The third-order valence-electron chi connectivity index (χ3n) is 8.60. The Morgan fingerprint density at radius 1 is 1.16 bits per heavy atom. The lowest BCUT2D eigenvalue weighted by molar-refractivity contribution is -0.175. The molecule has 4 N–H and O–H groups in total. The second kappa shape index (κ2) is 9.28. The molecule has 10 nitrogen and oxygen atoms in total. The second-order valence-electron chi connectivity index (χ2n) is 10.5. The van der Waals surface area contributed by atoms with E-state index in [9.17, 15) is 34.2 Å². The average Bonchev–Trinajstić information content (AvgIpc) is 3.40. The van der Waals surface area contributed by atoms with Crippen molar-refractivity contribution in [2.45, 2.75) is 45.3 Å². The van der Waals surface area contributed by atoms with Crippen molar-refractivity contribution >= 4 is 29.0 Å². The Balaban J connectivity index is 1.64. The van der Waals surface area contributed by atoms with Gasteiger partial charge in [-0.3, -0.25) is 28.9 Å². The highest BCUT2D eigenvalue weighted by molar-refractivity contribution is 6.31. The molecule has 5 rings (SSSR count). The zero-order valence-corrected chi connectivity index (χ0v) is 21.2. The van der Waals surface area contributed by atoms with Crippen LogP contribution in [-0.4, -0.2) is 62.8 Å². The molecule has 5 atom stereocenters. The molecule has 0 radical (unpaired) electrons. The minimum atomic E-state index is -2.66. The van der Waals surface area contributed by atoms with Gasteiger partial charge in [0, 0.05) is 30.0 Å². The van der Waals surface area contributed by atoms with E-state index in [1.807, 2.05) is 19.9 Å². The average molecular weight is 523 g/mol. The number of carbonyl (C=O) groups excluding carboxylic acids is 5. The number of rotatable bonds is 6. The number of primary amides is 1. The Morgan fingerprint density at radius 2 is 1.87 bits per heavy atom. The number of nitrogens with zero attached hydrogens (tertiary/aromatic N) is 1. The summed E-state index contributed by atoms with van der Waals surface area (Å²) in [6.45, 7) is 5.74. The van der Waals surface area contributed by atoms with Crippen LogP contribution in [0.2, 0.25) is 0 Å². The van der Waals surface area contributed by atoms with Crippen LogP contribution in [-0.2, 0) is 32.1 Å². The number of carbonyl (C=O) groups is 5. The number of amides is 1. The number of nitrogens with two attached hydrogens (primary N) is 1. The van der Waals surface area contributed by atoms with Crippen LogP contribution in [0, 0.1) is 23.7 Å². The molecule has 2 fully saturated rings. The van der Waals surface area contributed by atoms with Crippen LogP contribution in [0.1, 0.15) is 48.2 Å². The number of aliphatic hydroxyl groups is 1. The summed E-state index contributed by atoms with van der Waals surface area (Å²) < 4.78 is 5.28. The zero-order valence-electron chi connectivity index (χ0n) is 21.2. The number of hydrogen-bond donors (Lipinski definition) is 3. The van der Waals surface area contributed by atoms with Gasteiger partial charge in [0.2, 0.25) is 5.91 Å². The molecule has 0 spiro atoms. The molecule has 2 unspecified atom stereocenters. The van der Waals surface area contributed by atoms with Gasteiger partial charge >= 0.3 is 0 Å². The number of phenolic OH excluding ortho intramolecular Hbond substituents is 1. The maximum atomic E-state index is 14.0. The predicted octanol–water partition coefficient (Wildman–Crippen LogP) is 1.43. The molecule has 0 aliphatic heterocycles. The van der Waals surface area contributed by atoms with Crippen LogP contribution in [0.5, 0.6) is 5.75 Å². The molecular weight excluding hydrogens is 492 g/mol. The minimum absolute atomic E-state index is 0.00621. The Morgan fingerprint density at radius 3 is 2.47 bits per heavy atom. The van der Waals surface area contributed by atoms with Gasteiger partial charge in [0.05, 0.1) is 24.0 Å². The van der Waals surface area contributed by atoms with Gasteiger partial charge in [0.1, 0.15) is 5.75 Å². The largest absolute Gasteiger partial charge is 0.507 e. The summed E-state index contributed by atoms with van der Waals surface area (Å²) in [6.07, 6.45) is 2.94. The maximum Gasteiger partial charge on any atom is 0.235 e. The number of phenols is 1. The molecule has 1 amide bonds. The van der Waals surface area contributed by atoms with Crippen LogP contribution in [0.15, 0.2) is 29.1 Å². The number of Topliss-reactive ketones (excluding diaryl/α,β-unsaturated/α-hetero) is 4. The summed E-state index contributed by atoms with van der Waals surface area (Å²) in [7, 11) is 0. The molecule has 1 aromatic carbocycles. The number of benzene rings is 1. The van der Waals surface area contributed by atoms with Crippen molar-refractivity contribution in [3.05, 3.63) is 41.3 Å². The molecule has 1 heterocycles. The normalized spacial score (nSPS) is 28.7. The molecule has 2 aromatic rings. The summed E-state index contributed by atoms with van der Waals surface area (Å²) in [5.41, 5.74) is 5.03. The molecule has 3 aliphatic rings. The summed E-state index contributed by atoms with van der Waals surface area (Å²) in [5, 5.41) is 22.7. The van der Waals surface area contributed by atoms with Gasteiger partial charge in [0.15, 0.2) is 34.7 Å².